The van der Waals surface area contributed by atoms with Crippen LogP contribution in [0.2, 0.25) is 0 Å². The van der Waals surface area contributed by atoms with Crippen LogP contribution in [0.1, 0.15) is 36.5 Å². The highest BCUT2D eigenvalue weighted by Gasteiger charge is 2.21. The van der Waals surface area contributed by atoms with E-state index in [1.54, 1.807) is 0 Å². The summed E-state index contributed by atoms with van der Waals surface area (Å²) in [4.78, 5) is 22.2. The van der Waals surface area contributed by atoms with Crippen molar-refractivity contribution in [2.24, 2.45) is 0 Å². The quantitative estimate of drug-likeness (QED) is 0.738. The number of Topliss-reactive ketones (excluding diaryl/α,β-unsaturated/α-hetero) is 1. The topological polar surface area (TPSA) is 91.8 Å². The first-order chi connectivity index (χ1) is 9.78. The van der Waals surface area contributed by atoms with Crippen LogP contribution in [0, 0.1) is 0 Å². The van der Waals surface area contributed by atoms with Crippen molar-refractivity contribution in [3.8, 4) is 0 Å². The molecule has 0 amide bonds. The Morgan fingerprint density at radius 3 is 2.19 bits per heavy atom. The Balaban J connectivity index is 2.89. The molecule has 0 fully saturated rings. The molecule has 1 rings (SSSR count). The molecule has 0 saturated heterocycles. The Morgan fingerprint density at radius 2 is 1.71 bits per heavy atom. The summed E-state index contributed by atoms with van der Waals surface area (Å²) in [6.07, 6.45) is 0.893. The van der Waals surface area contributed by atoms with Gasteiger partial charge in [-0.15, -0.1) is 0 Å². The van der Waals surface area contributed by atoms with Crippen molar-refractivity contribution in [1.29, 1.82) is 0 Å². The van der Waals surface area contributed by atoms with Crippen molar-refractivity contribution < 1.29 is 23.1 Å². The number of hydrogen-bond acceptors (Lipinski definition) is 4. The summed E-state index contributed by atoms with van der Waals surface area (Å²) in [6.45, 7) is 1.79. The summed E-state index contributed by atoms with van der Waals surface area (Å²) in [5.41, 5.74) is 0.476. The third kappa shape index (κ3) is 4.64. The first-order valence-corrected chi connectivity index (χ1v) is 8.04. The second kappa shape index (κ2) is 7.33. The van der Waals surface area contributed by atoms with Crippen molar-refractivity contribution in [3.63, 3.8) is 0 Å². The van der Waals surface area contributed by atoms with Crippen molar-refractivity contribution >= 4 is 21.8 Å². The van der Waals surface area contributed by atoms with Crippen LogP contribution in [0.4, 0.5) is 0 Å². The zero-order valence-electron chi connectivity index (χ0n) is 12.1. The lowest BCUT2D eigenvalue weighted by atomic mass is 10.1. The smallest absolute Gasteiger partial charge is 0.304 e. The summed E-state index contributed by atoms with van der Waals surface area (Å²) in [5, 5.41) is 8.59. The van der Waals surface area contributed by atoms with E-state index in [2.05, 4.69) is 0 Å². The van der Waals surface area contributed by atoms with Crippen LogP contribution < -0.4 is 0 Å². The van der Waals surface area contributed by atoms with Crippen LogP contribution in [-0.4, -0.2) is 43.2 Å². The highest BCUT2D eigenvalue weighted by Crippen LogP contribution is 2.16. The number of carboxylic acids is 1. The van der Waals surface area contributed by atoms with Crippen LogP contribution in [0.5, 0.6) is 0 Å². The van der Waals surface area contributed by atoms with Crippen LogP contribution in [0.25, 0.3) is 0 Å². The zero-order chi connectivity index (χ0) is 16.0. The van der Waals surface area contributed by atoms with Gasteiger partial charge in [0.15, 0.2) is 5.78 Å². The summed E-state index contributed by atoms with van der Waals surface area (Å²) < 4.78 is 25.4. The lowest BCUT2D eigenvalue weighted by Gasteiger charge is -2.16. The summed E-state index contributed by atoms with van der Waals surface area (Å²) in [6, 6.07) is 5.71. The maximum atomic E-state index is 12.2. The van der Waals surface area contributed by atoms with Gasteiger partial charge in [0.1, 0.15) is 0 Å². The fourth-order valence-electron chi connectivity index (χ4n) is 1.74. The van der Waals surface area contributed by atoms with Crippen LogP contribution in [0.15, 0.2) is 29.2 Å². The number of nitrogens with zero attached hydrogens (tertiary/aromatic N) is 1. The molecule has 0 aliphatic rings. The van der Waals surface area contributed by atoms with Crippen LogP contribution >= 0.6 is 0 Å². The lowest BCUT2D eigenvalue weighted by Crippen LogP contribution is -2.29. The van der Waals surface area contributed by atoms with Crippen molar-refractivity contribution in [3.05, 3.63) is 29.8 Å². The SMILES string of the molecule is CCCC(=O)c1ccc(S(=O)(=O)N(C)CCC(=O)O)cc1. The standard InChI is InChI=1S/C14H19NO5S/c1-3-4-13(16)11-5-7-12(8-6-11)21(19,20)15(2)10-9-14(17)18/h5-8H,3-4,9-10H2,1-2H3,(H,17,18). The predicted molar refractivity (Wildman–Crippen MR) is 77.7 cm³/mol. The van der Waals surface area contributed by atoms with E-state index in [-0.39, 0.29) is 23.6 Å². The maximum Gasteiger partial charge on any atom is 0.304 e. The molecule has 116 valence electrons. The van der Waals surface area contributed by atoms with E-state index < -0.39 is 16.0 Å². The molecule has 0 heterocycles. The van der Waals surface area contributed by atoms with Crippen LogP contribution in [-0.2, 0) is 14.8 Å². The van der Waals surface area contributed by atoms with Gasteiger partial charge in [-0.2, -0.15) is 0 Å². The molecule has 0 spiro atoms. The number of aliphatic carboxylic acids is 1. The number of hydrogen-bond donors (Lipinski definition) is 1. The highest BCUT2D eigenvalue weighted by atomic mass is 32.2. The van der Waals surface area contributed by atoms with E-state index in [4.69, 9.17) is 5.11 Å². The molecule has 21 heavy (non-hydrogen) atoms. The molecule has 0 aliphatic carbocycles. The molecular formula is C14H19NO5S. The minimum atomic E-state index is -3.73. The van der Waals surface area contributed by atoms with Crippen LogP contribution in [0.3, 0.4) is 0 Å². The maximum absolute atomic E-state index is 12.2. The molecule has 7 heteroatoms. The largest absolute Gasteiger partial charge is 0.481 e. The first-order valence-electron chi connectivity index (χ1n) is 6.60. The minimum Gasteiger partial charge on any atom is -0.481 e. The van der Waals surface area contributed by atoms with E-state index in [9.17, 15) is 18.0 Å². The number of rotatable bonds is 8. The lowest BCUT2D eigenvalue weighted by molar-refractivity contribution is -0.137. The molecule has 1 N–H and O–H groups in total. The summed E-state index contributed by atoms with van der Waals surface area (Å²) in [5.74, 6) is -1.08. The van der Waals surface area contributed by atoms with Crippen molar-refractivity contribution in [2.45, 2.75) is 31.1 Å². The minimum absolute atomic E-state index is 0.0271. The summed E-state index contributed by atoms with van der Waals surface area (Å²) in [7, 11) is -2.40. The monoisotopic (exact) mass is 313 g/mol. The predicted octanol–water partition coefficient (Wildman–Crippen LogP) is 1.76. The number of benzene rings is 1. The van der Waals surface area contributed by atoms with E-state index in [0.29, 0.717) is 12.0 Å². The number of carbonyl (C=O) groups is 2. The number of carbonyl (C=O) groups excluding carboxylic acids is 1. The normalized spacial score (nSPS) is 11.6. The third-order valence-electron chi connectivity index (χ3n) is 3.00. The molecule has 0 aromatic heterocycles. The Labute approximate surface area is 124 Å². The highest BCUT2D eigenvalue weighted by molar-refractivity contribution is 7.89. The average Bonchev–Trinajstić information content (AvgIpc) is 2.45. The fourth-order valence-corrected chi connectivity index (χ4v) is 2.91. The Kier molecular flexibility index (Phi) is 6.04. The number of sulfonamides is 1. The van der Waals surface area contributed by atoms with E-state index in [1.165, 1.54) is 31.3 Å². The van der Waals surface area contributed by atoms with Crippen molar-refractivity contribution in [2.75, 3.05) is 13.6 Å². The Bertz CT molecular complexity index is 607. The van der Waals surface area contributed by atoms with Gasteiger partial charge in [0.05, 0.1) is 11.3 Å². The van der Waals surface area contributed by atoms with Gasteiger partial charge in [0, 0.05) is 25.6 Å². The molecule has 0 aliphatic heterocycles. The average molecular weight is 313 g/mol. The molecule has 0 bridgehead atoms. The zero-order valence-corrected chi connectivity index (χ0v) is 12.9. The van der Waals surface area contributed by atoms with E-state index >= 15 is 0 Å². The number of carboxylic acid groups (broad SMARTS) is 1. The molecule has 1 aromatic rings. The Morgan fingerprint density at radius 1 is 1.14 bits per heavy atom. The van der Waals surface area contributed by atoms with E-state index in [0.717, 1.165) is 10.7 Å². The second-order valence-electron chi connectivity index (χ2n) is 4.67. The van der Waals surface area contributed by atoms with Gasteiger partial charge >= 0.3 is 5.97 Å². The number of ketones is 1. The van der Waals surface area contributed by atoms with Gasteiger partial charge in [0.2, 0.25) is 10.0 Å². The summed E-state index contributed by atoms with van der Waals surface area (Å²) >= 11 is 0. The molecule has 1 aromatic carbocycles. The molecule has 0 saturated carbocycles. The first kappa shape index (κ1) is 17.3. The van der Waals surface area contributed by atoms with Gasteiger partial charge in [-0.3, -0.25) is 9.59 Å². The molecule has 6 nitrogen and oxygen atoms in total. The molecule has 0 atom stereocenters. The molecular weight excluding hydrogens is 294 g/mol. The Hall–Kier alpha value is -1.73. The van der Waals surface area contributed by atoms with Gasteiger partial charge < -0.3 is 5.11 Å². The van der Waals surface area contributed by atoms with Gasteiger partial charge in [0.25, 0.3) is 0 Å². The van der Waals surface area contributed by atoms with Gasteiger partial charge in [-0.05, 0) is 18.6 Å². The van der Waals surface area contributed by atoms with E-state index in [1.807, 2.05) is 6.92 Å². The third-order valence-corrected chi connectivity index (χ3v) is 4.87. The molecule has 0 unspecified atom stereocenters. The van der Waals surface area contributed by atoms with Gasteiger partial charge in [-0.25, -0.2) is 12.7 Å². The molecule has 0 radical (unpaired) electrons. The van der Waals surface area contributed by atoms with Crippen molar-refractivity contribution in [1.82, 2.24) is 4.31 Å². The second-order valence-corrected chi connectivity index (χ2v) is 6.71. The van der Waals surface area contributed by atoms with Gasteiger partial charge in [-0.1, -0.05) is 19.1 Å². The fraction of sp³-hybridized carbons (Fsp3) is 0.429.